The van der Waals surface area contributed by atoms with Gasteiger partial charge in [-0.25, -0.2) is 0 Å². The molecule has 3 unspecified atom stereocenters. The summed E-state index contributed by atoms with van der Waals surface area (Å²) in [5.41, 5.74) is 1.25. The van der Waals surface area contributed by atoms with E-state index in [-0.39, 0.29) is 18.4 Å². The number of hydrogen-bond acceptors (Lipinski definition) is 1. The van der Waals surface area contributed by atoms with Crippen molar-refractivity contribution in [1.29, 1.82) is 0 Å². The molecule has 1 saturated carbocycles. The molecule has 1 fully saturated rings. The van der Waals surface area contributed by atoms with Crippen molar-refractivity contribution in [2.45, 2.75) is 50.7 Å². The monoisotopic (exact) mass is 299 g/mol. The van der Waals surface area contributed by atoms with Crippen molar-refractivity contribution in [1.82, 2.24) is 5.32 Å². The van der Waals surface area contributed by atoms with Gasteiger partial charge in [-0.15, -0.1) is 0 Å². The van der Waals surface area contributed by atoms with E-state index in [0.717, 1.165) is 19.3 Å². The van der Waals surface area contributed by atoms with Crippen LogP contribution in [0.5, 0.6) is 0 Å². The Hall–Kier alpha value is -1.03. The lowest BCUT2D eigenvalue weighted by Gasteiger charge is -2.35. The first-order valence-electron chi connectivity index (χ1n) is 7.78. The summed E-state index contributed by atoms with van der Waals surface area (Å²) in [5, 5.41) is 3.25. The maximum atomic E-state index is 12.9. The average Bonchev–Trinajstić information content (AvgIpc) is 2.48. The Bertz CT molecular complexity index is 416. The normalized spacial score (nSPS) is 24.8. The molecule has 1 nitrogen and oxygen atoms in total. The Morgan fingerprint density at radius 2 is 1.90 bits per heavy atom. The van der Waals surface area contributed by atoms with Gasteiger partial charge in [-0.2, -0.15) is 13.2 Å². The summed E-state index contributed by atoms with van der Waals surface area (Å²) in [4.78, 5) is 0. The van der Waals surface area contributed by atoms with E-state index in [1.54, 1.807) is 0 Å². The quantitative estimate of drug-likeness (QED) is 0.839. The molecule has 2 rings (SSSR count). The van der Waals surface area contributed by atoms with Crippen LogP contribution in [0.2, 0.25) is 0 Å². The molecule has 1 N–H and O–H groups in total. The van der Waals surface area contributed by atoms with Crippen LogP contribution in [0.25, 0.3) is 0 Å². The second-order valence-electron chi connectivity index (χ2n) is 6.08. The first-order valence-corrected chi connectivity index (χ1v) is 7.78. The molecule has 0 aromatic heterocycles. The number of aryl methyl sites for hydroxylation is 1. The second kappa shape index (κ2) is 7.30. The van der Waals surface area contributed by atoms with Gasteiger partial charge < -0.3 is 5.32 Å². The molecule has 3 atom stereocenters. The molecule has 0 amide bonds. The van der Waals surface area contributed by atoms with Gasteiger partial charge in [-0.1, -0.05) is 36.8 Å². The lowest BCUT2D eigenvalue weighted by atomic mass is 9.76. The fraction of sp³-hybridized carbons (Fsp3) is 0.647. The van der Waals surface area contributed by atoms with Crippen LogP contribution in [0.3, 0.4) is 0 Å². The van der Waals surface area contributed by atoms with Crippen molar-refractivity contribution in [3.8, 4) is 0 Å². The summed E-state index contributed by atoms with van der Waals surface area (Å²) < 4.78 is 38.7. The van der Waals surface area contributed by atoms with E-state index in [0.29, 0.717) is 12.8 Å². The first-order chi connectivity index (χ1) is 10.0. The lowest BCUT2D eigenvalue weighted by molar-refractivity contribution is -0.186. The van der Waals surface area contributed by atoms with Crippen molar-refractivity contribution in [2.75, 3.05) is 7.05 Å². The standard InChI is InChI=1S/C17H24F3N/c1-21-16(11-10-13-6-3-2-4-7-13)14-8-5-9-15(12-14)17(18,19)20/h2-4,6-7,14-16,21H,5,8-12H2,1H3. The number of rotatable bonds is 5. The SMILES string of the molecule is CNC(CCc1ccccc1)C1CCCC(C(F)(F)F)C1. The molecule has 0 saturated heterocycles. The van der Waals surface area contributed by atoms with Crippen LogP contribution in [0.15, 0.2) is 30.3 Å². The lowest BCUT2D eigenvalue weighted by Crippen LogP contribution is -2.39. The van der Waals surface area contributed by atoms with Gasteiger partial charge in [0.2, 0.25) is 0 Å². The zero-order chi connectivity index (χ0) is 15.3. The maximum absolute atomic E-state index is 12.9. The molecular weight excluding hydrogens is 275 g/mol. The molecule has 0 spiro atoms. The zero-order valence-corrected chi connectivity index (χ0v) is 12.5. The highest BCUT2D eigenvalue weighted by molar-refractivity contribution is 5.14. The topological polar surface area (TPSA) is 12.0 Å². The van der Waals surface area contributed by atoms with E-state index < -0.39 is 12.1 Å². The highest BCUT2D eigenvalue weighted by Crippen LogP contribution is 2.41. The number of halogens is 3. The number of alkyl halides is 3. The molecule has 0 bridgehead atoms. The molecular formula is C17H24F3N. The molecule has 0 radical (unpaired) electrons. The van der Waals surface area contributed by atoms with Crippen molar-refractivity contribution in [2.24, 2.45) is 11.8 Å². The van der Waals surface area contributed by atoms with Gasteiger partial charge in [0.15, 0.2) is 0 Å². The number of benzene rings is 1. The van der Waals surface area contributed by atoms with Gasteiger partial charge in [0.25, 0.3) is 0 Å². The summed E-state index contributed by atoms with van der Waals surface area (Å²) in [6.07, 6.45) is -0.0319. The van der Waals surface area contributed by atoms with Crippen molar-refractivity contribution >= 4 is 0 Å². The maximum Gasteiger partial charge on any atom is 0.391 e. The van der Waals surface area contributed by atoms with Crippen LogP contribution >= 0.6 is 0 Å². The molecule has 21 heavy (non-hydrogen) atoms. The van der Waals surface area contributed by atoms with Crippen LogP contribution < -0.4 is 5.32 Å². The molecule has 0 aliphatic heterocycles. The highest BCUT2D eigenvalue weighted by atomic mass is 19.4. The predicted octanol–water partition coefficient (Wildman–Crippen LogP) is 4.58. The van der Waals surface area contributed by atoms with Crippen LogP contribution in [0.1, 0.15) is 37.7 Å². The first kappa shape index (κ1) is 16.3. The van der Waals surface area contributed by atoms with E-state index >= 15 is 0 Å². The van der Waals surface area contributed by atoms with Gasteiger partial charge in [0.1, 0.15) is 0 Å². The summed E-state index contributed by atoms with van der Waals surface area (Å²) in [6.45, 7) is 0. The minimum absolute atomic E-state index is 0.138. The van der Waals surface area contributed by atoms with Crippen LogP contribution in [-0.2, 0) is 6.42 Å². The third-order valence-electron chi connectivity index (χ3n) is 4.70. The van der Waals surface area contributed by atoms with Crippen molar-refractivity contribution in [3.05, 3.63) is 35.9 Å². The molecule has 1 aromatic carbocycles. The third-order valence-corrected chi connectivity index (χ3v) is 4.70. The highest BCUT2D eigenvalue weighted by Gasteiger charge is 2.43. The Labute approximate surface area is 124 Å². The molecule has 1 aliphatic carbocycles. The van der Waals surface area contributed by atoms with Crippen LogP contribution in [0, 0.1) is 11.8 Å². The van der Waals surface area contributed by atoms with E-state index in [4.69, 9.17) is 0 Å². The van der Waals surface area contributed by atoms with Gasteiger partial charge in [-0.05, 0) is 50.6 Å². The van der Waals surface area contributed by atoms with Crippen molar-refractivity contribution in [3.63, 3.8) is 0 Å². The van der Waals surface area contributed by atoms with E-state index in [1.807, 2.05) is 25.2 Å². The largest absolute Gasteiger partial charge is 0.391 e. The average molecular weight is 299 g/mol. The van der Waals surface area contributed by atoms with Gasteiger partial charge in [0.05, 0.1) is 5.92 Å². The summed E-state index contributed by atoms with van der Waals surface area (Å²) in [7, 11) is 1.87. The van der Waals surface area contributed by atoms with Crippen LogP contribution in [0.4, 0.5) is 13.2 Å². The van der Waals surface area contributed by atoms with Crippen molar-refractivity contribution < 1.29 is 13.2 Å². The molecule has 0 heterocycles. The Balaban J connectivity index is 1.91. The van der Waals surface area contributed by atoms with Gasteiger partial charge >= 0.3 is 6.18 Å². The fourth-order valence-corrected chi connectivity index (χ4v) is 3.47. The van der Waals surface area contributed by atoms with Gasteiger partial charge in [-0.3, -0.25) is 0 Å². The summed E-state index contributed by atoms with van der Waals surface area (Å²) in [5.74, 6) is -0.970. The minimum Gasteiger partial charge on any atom is -0.317 e. The smallest absolute Gasteiger partial charge is 0.317 e. The predicted molar refractivity (Wildman–Crippen MR) is 79.1 cm³/mol. The Kier molecular flexibility index (Phi) is 5.68. The molecule has 1 aromatic rings. The minimum atomic E-state index is -4.03. The number of nitrogens with one attached hydrogen (secondary N) is 1. The molecule has 1 aliphatic rings. The fourth-order valence-electron chi connectivity index (χ4n) is 3.47. The Morgan fingerprint density at radius 3 is 2.52 bits per heavy atom. The second-order valence-corrected chi connectivity index (χ2v) is 6.08. The van der Waals surface area contributed by atoms with E-state index in [2.05, 4.69) is 17.4 Å². The molecule has 4 heteroatoms. The summed E-state index contributed by atoms with van der Waals surface area (Å²) in [6, 6.07) is 10.3. The van der Waals surface area contributed by atoms with Gasteiger partial charge in [0, 0.05) is 6.04 Å². The summed E-state index contributed by atoms with van der Waals surface area (Å²) >= 11 is 0. The van der Waals surface area contributed by atoms with E-state index in [9.17, 15) is 13.2 Å². The molecule has 118 valence electrons. The zero-order valence-electron chi connectivity index (χ0n) is 12.5. The van der Waals surface area contributed by atoms with E-state index in [1.165, 1.54) is 5.56 Å². The number of hydrogen-bond donors (Lipinski definition) is 1. The van der Waals surface area contributed by atoms with Crippen LogP contribution in [-0.4, -0.2) is 19.3 Å². The third kappa shape index (κ3) is 4.73. The Morgan fingerprint density at radius 1 is 1.19 bits per heavy atom.